The van der Waals surface area contributed by atoms with Crippen molar-refractivity contribution < 1.29 is 0 Å². The van der Waals surface area contributed by atoms with Gasteiger partial charge in [-0.2, -0.15) is 0 Å². The molecule has 11 rings (SSSR count). The van der Waals surface area contributed by atoms with E-state index in [-0.39, 0.29) is 0 Å². The molecule has 0 unspecified atom stereocenters. The van der Waals surface area contributed by atoms with Crippen LogP contribution in [0, 0.1) is 0 Å². The van der Waals surface area contributed by atoms with Gasteiger partial charge in [0.15, 0.2) is 0 Å². The molecule has 0 atom stereocenters. The highest BCUT2D eigenvalue weighted by atomic mass is 32.1. The van der Waals surface area contributed by atoms with Gasteiger partial charge in [-0.25, -0.2) is 0 Å². The van der Waals surface area contributed by atoms with Crippen molar-refractivity contribution in [2.45, 2.75) is 0 Å². The number of thiophene rings is 2. The summed E-state index contributed by atoms with van der Waals surface area (Å²) < 4.78 is 5.24. The third-order valence-corrected chi connectivity index (χ3v) is 13.2. The van der Waals surface area contributed by atoms with Gasteiger partial charge >= 0.3 is 0 Å². The van der Waals surface area contributed by atoms with E-state index in [0.29, 0.717) is 0 Å². The molecule has 258 valence electrons. The summed E-state index contributed by atoms with van der Waals surface area (Å²) in [6, 6.07) is 73.4. The van der Waals surface area contributed by atoms with Gasteiger partial charge < -0.3 is 4.90 Å². The molecule has 0 bridgehead atoms. The largest absolute Gasteiger partial charge is 0.309 e. The van der Waals surface area contributed by atoms with Gasteiger partial charge in [0.25, 0.3) is 0 Å². The molecule has 0 saturated carbocycles. The van der Waals surface area contributed by atoms with E-state index in [2.05, 4.69) is 205 Å². The summed E-state index contributed by atoms with van der Waals surface area (Å²) in [5.41, 5.74) is 10.8. The lowest BCUT2D eigenvalue weighted by molar-refractivity contribution is 1.30. The Hall–Kier alpha value is -6.52. The number of nitrogens with zero attached hydrogens (tertiary/aromatic N) is 1. The third-order valence-electron chi connectivity index (χ3n) is 10.9. The summed E-state index contributed by atoms with van der Waals surface area (Å²) in [5.74, 6) is 0. The minimum Gasteiger partial charge on any atom is -0.309 e. The number of anilines is 3. The Morgan fingerprint density at radius 3 is 1.71 bits per heavy atom. The van der Waals surface area contributed by atoms with Crippen LogP contribution >= 0.6 is 22.7 Å². The van der Waals surface area contributed by atoms with Crippen molar-refractivity contribution in [3.63, 3.8) is 0 Å². The summed E-state index contributed by atoms with van der Waals surface area (Å²) in [6.07, 6.45) is 0. The molecule has 1 nitrogen and oxygen atoms in total. The Kier molecular flexibility index (Phi) is 7.61. The van der Waals surface area contributed by atoms with Gasteiger partial charge in [-0.15, -0.1) is 22.7 Å². The van der Waals surface area contributed by atoms with E-state index in [1.54, 1.807) is 0 Å². The lowest BCUT2D eigenvalue weighted by Gasteiger charge is -2.29. The molecule has 0 aliphatic heterocycles. The Bertz CT molecular complexity index is 3200. The number of fused-ring (bicyclic) bond motifs is 7. The van der Waals surface area contributed by atoms with Gasteiger partial charge in [0, 0.05) is 51.6 Å². The van der Waals surface area contributed by atoms with Crippen molar-refractivity contribution in [1.82, 2.24) is 0 Å². The van der Waals surface area contributed by atoms with Crippen LogP contribution in [-0.2, 0) is 0 Å². The van der Waals surface area contributed by atoms with Crippen molar-refractivity contribution >= 4 is 90.9 Å². The second-order valence-corrected chi connectivity index (χ2v) is 16.1. The first-order chi connectivity index (χ1) is 27.3. The molecule has 0 aliphatic carbocycles. The molecular formula is C52H33NS2. The minimum absolute atomic E-state index is 1.12. The zero-order chi connectivity index (χ0) is 36.3. The Morgan fingerprint density at radius 1 is 0.309 bits per heavy atom. The average Bonchev–Trinajstić information content (AvgIpc) is 3.83. The molecule has 2 heterocycles. The first-order valence-electron chi connectivity index (χ1n) is 18.7. The first kappa shape index (κ1) is 32.0. The lowest BCUT2D eigenvalue weighted by atomic mass is 9.90. The van der Waals surface area contributed by atoms with Gasteiger partial charge in [-0.1, -0.05) is 158 Å². The van der Waals surface area contributed by atoms with Gasteiger partial charge in [-0.05, 0) is 81.1 Å². The number of para-hydroxylation sites is 1. The van der Waals surface area contributed by atoms with Crippen molar-refractivity contribution in [3.05, 3.63) is 200 Å². The van der Waals surface area contributed by atoms with Crippen LogP contribution < -0.4 is 4.90 Å². The van der Waals surface area contributed by atoms with Gasteiger partial charge in [0.05, 0.1) is 11.4 Å². The molecule has 0 aliphatic rings. The van der Waals surface area contributed by atoms with Crippen molar-refractivity contribution in [2.75, 3.05) is 4.90 Å². The molecule has 3 heteroatoms. The minimum atomic E-state index is 1.12. The second-order valence-electron chi connectivity index (χ2n) is 14.0. The fraction of sp³-hybridized carbons (Fsp3) is 0. The molecule has 2 aromatic heterocycles. The number of hydrogen-bond acceptors (Lipinski definition) is 3. The zero-order valence-electron chi connectivity index (χ0n) is 29.8. The lowest BCUT2D eigenvalue weighted by Crippen LogP contribution is -2.11. The molecule has 0 radical (unpaired) electrons. The van der Waals surface area contributed by atoms with E-state index in [0.717, 1.165) is 11.4 Å². The van der Waals surface area contributed by atoms with Crippen molar-refractivity contribution in [1.29, 1.82) is 0 Å². The van der Waals surface area contributed by atoms with E-state index in [1.165, 1.54) is 90.2 Å². The van der Waals surface area contributed by atoms with Crippen LogP contribution in [0.3, 0.4) is 0 Å². The summed E-state index contributed by atoms with van der Waals surface area (Å²) in [5, 5.41) is 7.69. The van der Waals surface area contributed by atoms with Crippen LogP contribution in [0.4, 0.5) is 17.1 Å². The van der Waals surface area contributed by atoms with E-state index < -0.39 is 0 Å². The number of hydrogen-bond donors (Lipinski definition) is 0. The van der Waals surface area contributed by atoms with Crippen LogP contribution in [0.15, 0.2) is 200 Å². The maximum absolute atomic E-state index is 2.49. The second kappa shape index (κ2) is 13.1. The van der Waals surface area contributed by atoms with Crippen LogP contribution in [0.25, 0.3) is 84.5 Å². The monoisotopic (exact) mass is 735 g/mol. The van der Waals surface area contributed by atoms with Crippen LogP contribution in [0.1, 0.15) is 0 Å². The molecule has 0 spiro atoms. The summed E-state index contributed by atoms with van der Waals surface area (Å²) in [7, 11) is 0. The fourth-order valence-corrected chi connectivity index (χ4v) is 10.8. The molecule has 55 heavy (non-hydrogen) atoms. The van der Waals surface area contributed by atoms with Gasteiger partial charge in [0.1, 0.15) is 0 Å². The van der Waals surface area contributed by atoms with E-state index in [1.807, 2.05) is 22.7 Å². The molecule has 11 aromatic rings. The zero-order valence-corrected chi connectivity index (χ0v) is 31.4. The van der Waals surface area contributed by atoms with E-state index >= 15 is 0 Å². The normalized spacial score (nSPS) is 11.6. The van der Waals surface area contributed by atoms with Crippen molar-refractivity contribution in [3.8, 4) is 33.4 Å². The standard InChI is InChI=1S/C52H33NS2/c1-2-14-34(15-3-1)38-21-10-16-36-17-11-23-42(50(36)38)40-18-4-7-25-45(40)53(46-26-13-29-49-51(46)44-20-6-9-28-48(44)54-49)37-32-30-35(31-33-37)39-22-12-24-43-41-19-5-8-27-47(41)55-52(39)43/h1-33H. The summed E-state index contributed by atoms with van der Waals surface area (Å²) in [4.78, 5) is 2.49. The highest BCUT2D eigenvalue weighted by Crippen LogP contribution is 2.49. The van der Waals surface area contributed by atoms with E-state index in [9.17, 15) is 0 Å². The van der Waals surface area contributed by atoms with Crippen LogP contribution in [0.2, 0.25) is 0 Å². The topological polar surface area (TPSA) is 3.24 Å². The molecule has 0 fully saturated rings. The predicted molar refractivity (Wildman–Crippen MR) is 241 cm³/mol. The first-order valence-corrected chi connectivity index (χ1v) is 20.3. The Morgan fingerprint density at radius 2 is 0.873 bits per heavy atom. The Balaban J connectivity index is 1.15. The van der Waals surface area contributed by atoms with Crippen LogP contribution in [0.5, 0.6) is 0 Å². The molecular weight excluding hydrogens is 703 g/mol. The average molecular weight is 736 g/mol. The predicted octanol–water partition coefficient (Wildman–Crippen LogP) is 16.0. The van der Waals surface area contributed by atoms with Crippen LogP contribution in [-0.4, -0.2) is 0 Å². The highest BCUT2D eigenvalue weighted by molar-refractivity contribution is 7.26. The number of rotatable bonds is 6. The fourth-order valence-electron chi connectivity index (χ4n) is 8.43. The summed E-state index contributed by atoms with van der Waals surface area (Å²) >= 11 is 3.74. The smallest absolute Gasteiger partial charge is 0.0555 e. The maximum Gasteiger partial charge on any atom is 0.0555 e. The molecule has 0 N–H and O–H groups in total. The van der Waals surface area contributed by atoms with Crippen molar-refractivity contribution in [2.24, 2.45) is 0 Å². The van der Waals surface area contributed by atoms with Gasteiger partial charge in [0.2, 0.25) is 0 Å². The third kappa shape index (κ3) is 5.27. The molecule has 0 saturated heterocycles. The maximum atomic E-state index is 2.49. The molecule has 0 amide bonds. The number of benzene rings is 9. The van der Waals surface area contributed by atoms with E-state index in [4.69, 9.17) is 0 Å². The summed E-state index contributed by atoms with van der Waals surface area (Å²) in [6.45, 7) is 0. The molecule has 9 aromatic carbocycles. The quantitative estimate of drug-likeness (QED) is 0.164. The Labute approximate surface area is 327 Å². The SMILES string of the molecule is c1ccc(-c2cccc3cccc(-c4ccccc4N(c4ccc(-c5cccc6c5sc5ccccc56)cc4)c4cccc5sc6ccccc6c45)c23)cc1. The van der Waals surface area contributed by atoms with Gasteiger partial charge in [-0.3, -0.25) is 0 Å². The highest BCUT2D eigenvalue weighted by Gasteiger charge is 2.23.